The summed E-state index contributed by atoms with van der Waals surface area (Å²) < 4.78 is 37.2. The summed E-state index contributed by atoms with van der Waals surface area (Å²) in [5.41, 5.74) is -0.358. The predicted octanol–water partition coefficient (Wildman–Crippen LogP) is 3.92. The Balaban J connectivity index is 3.17. The molecular formula is C11H13F3O. The van der Waals surface area contributed by atoms with Crippen LogP contribution in [0.5, 0.6) is 5.75 Å². The van der Waals surface area contributed by atoms with Gasteiger partial charge in [-0.1, -0.05) is 13.8 Å². The lowest BCUT2D eigenvalue weighted by Gasteiger charge is -2.14. The first-order valence-corrected chi connectivity index (χ1v) is 4.76. The van der Waals surface area contributed by atoms with Crippen LogP contribution in [0.1, 0.15) is 37.3 Å². The summed E-state index contributed by atoms with van der Waals surface area (Å²) in [4.78, 5) is 0. The zero-order valence-electron chi connectivity index (χ0n) is 8.60. The maximum Gasteiger partial charge on any atom is 0.416 e. The Hall–Kier alpha value is -1.19. The number of halogens is 3. The summed E-state index contributed by atoms with van der Waals surface area (Å²) in [6.45, 7) is 3.65. The van der Waals surface area contributed by atoms with Crippen LogP contribution >= 0.6 is 0 Å². The van der Waals surface area contributed by atoms with Crippen LogP contribution in [0.4, 0.5) is 13.2 Å². The lowest BCUT2D eigenvalue weighted by Crippen LogP contribution is -2.06. The maximum absolute atomic E-state index is 12.4. The molecule has 0 bridgehead atoms. The Labute approximate surface area is 86.5 Å². The molecule has 4 heteroatoms. The van der Waals surface area contributed by atoms with Crippen LogP contribution in [0, 0.1) is 0 Å². The quantitative estimate of drug-likeness (QED) is 0.797. The Morgan fingerprint density at radius 3 is 2.40 bits per heavy atom. The highest BCUT2D eigenvalue weighted by Gasteiger charge is 2.31. The van der Waals surface area contributed by atoms with Crippen molar-refractivity contribution in [3.8, 4) is 5.75 Å². The van der Waals surface area contributed by atoms with Gasteiger partial charge < -0.3 is 5.11 Å². The molecule has 0 aromatic heterocycles. The van der Waals surface area contributed by atoms with Crippen molar-refractivity contribution in [3.63, 3.8) is 0 Å². The fraction of sp³-hybridized carbons (Fsp3) is 0.455. The summed E-state index contributed by atoms with van der Waals surface area (Å²) in [5, 5.41) is 9.43. The van der Waals surface area contributed by atoms with Crippen molar-refractivity contribution < 1.29 is 18.3 Å². The molecule has 84 valence electrons. The van der Waals surface area contributed by atoms with Crippen LogP contribution in [0.25, 0.3) is 0 Å². The van der Waals surface area contributed by atoms with Gasteiger partial charge in [0, 0.05) is 0 Å². The van der Waals surface area contributed by atoms with E-state index in [-0.39, 0.29) is 11.7 Å². The third-order valence-corrected chi connectivity index (χ3v) is 2.50. The van der Waals surface area contributed by atoms with Crippen LogP contribution in [0.15, 0.2) is 18.2 Å². The average molecular weight is 218 g/mol. The molecular weight excluding hydrogens is 205 g/mol. The molecule has 15 heavy (non-hydrogen) atoms. The molecule has 0 saturated carbocycles. The van der Waals surface area contributed by atoms with E-state index >= 15 is 0 Å². The van der Waals surface area contributed by atoms with Crippen molar-refractivity contribution in [2.45, 2.75) is 32.4 Å². The summed E-state index contributed by atoms with van der Waals surface area (Å²) in [7, 11) is 0. The second kappa shape index (κ2) is 4.13. The van der Waals surface area contributed by atoms with Crippen molar-refractivity contribution >= 4 is 0 Å². The van der Waals surface area contributed by atoms with Gasteiger partial charge in [-0.15, -0.1) is 0 Å². The second-order valence-electron chi connectivity index (χ2n) is 3.58. The average Bonchev–Trinajstić information content (AvgIpc) is 2.15. The van der Waals surface area contributed by atoms with Crippen molar-refractivity contribution in [1.82, 2.24) is 0 Å². The molecule has 1 nitrogen and oxygen atoms in total. The molecule has 0 aliphatic rings. The van der Waals surface area contributed by atoms with E-state index in [1.165, 1.54) is 0 Å². The van der Waals surface area contributed by atoms with Gasteiger partial charge in [-0.3, -0.25) is 0 Å². The first-order chi connectivity index (χ1) is 6.86. The molecule has 0 fully saturated rings. The van der Waals surface area contributed by atoms with Crippen LogP contribution < -0.4 is 0 Å². The SMILES string of the molecule is CCC(C)c1cc(C(F)(F)F)ccc1O. The number of aromatic hydroxyl groups is 1. The lowest BCUT2D eigenvalue weighted by molar-refractivity contribution is -0.137. The van der Waals surface area contributed by atoms with Gasteiger partial charge in [0.1, 0.15) is 5.75 Å². The van der Waals surface area contributed by atoms with Crippen molar-refractivity contribution in [2.24, 2.45) is 0 Å². The van der Waals surface area contributed by atoms with Gasteiger partial charge in [-0.2, -0.15) is 13.2 Å². The molecule has 1 N–H and O–H groups in total. The Bertz CT molecular complexity index is 344. The molecule has 0 aliphatic carbocycles. The fourth-order valence-electron chi connectivity index (χ4n) is 1.35. The molecule has 1 rings (SSSR count). The van der Waals surface area contributed by atoms with E-state index in [2.05, 4.69) is 0 Å². The monoisotopic (exact) mass is 218 g/mol. The van der Waals surface area contributed by atoms with Crippen molar-refractivity contribution in [3.05, 3.63) is 29.3 Å². The van der Waals surface area contributed by atoms with Gasteiger partial charge in [0.25, 0.3) is 0 Å². The number of alkyl halides is 3. The van der Waals surface area contributed by atoms with E-state index in [4.69, 9.17) is 0 Å². The summed E-state index contributed by atoms with van der Waals surface area (Å²) in [6, 6.07) is 3.01. The highest BCUT2D eigenvalue weighted by atomic mass is 19.4. The van der Waals surface area contributed by atoms with Gasteiger partial charge in [-0.05, 0) is 36.1 Å². The fourth-order valence-corrected chi connectivity index (χ4v) is 1.35. The summed E-state index contributed by atoms with van der Waals surface area (Å²) >= 11 is 0. The number of phenolic OH excluding ortho intramolecular Hbond substituents is 1. The Kier molecular flexibility index (Phi) is 3.27. The van der Waals surface area contributed by atoms with Crippen LogP contribution in [-0.2, 0) is 6.18 Å². The first kappa shape index (κ1) is 11.9. The molecule has 0 radical (unpaired) electrons. The minimum Gasteiger partial charge on any atom is -0.508 e. The smallest absolute Gasteiger partial charge is 0.416 e. The molecule has 0 saturated heterocycles. The van der Waals surface area contributed by atoms with Crippen molar-refractivity contribution in [1.29, 1.82) is 0 Å². The Morgan fingerprint density at radius 2 is 1.93 bits per heavy atom. The van der Waals surface area contributed by atoms with Crippen LogP contribution in [0.3, 0.4) is 0 Å². The van der Waals surface area contributed by atoms with Gasteiger partial charge in [0.2, 0.25) is 0 Å². The zero-order valence-corrected chi connectivity index (χ0v) is 8.60. The number of hydrogen-bond donors (Lipinski definition) is 1. The number of phenols is 1. The van der Waals surface area contributed by atoms with E-state index in [1.807, 2.05) is 6.92 Å². The molecule has 1 aromatic rings. The van der Waals surface area contributed by atoms with Gasteiger partial charge in [0.05, 0.1) is 5.56 Å². The van der Waals surface area contributed by atoms with E-state index in [1.54, 1.807) is 6.92 Å². The van der Waals surface area contributed by atoms with Gasteiger partial charge in [-0.25, -0.2) is 0 Å². The molecule has 1 aromatic carbocycles. The molecule has 1 atom stereocenters. The van der Waals surface area contributed by atoms with Crippen molar-refractivity contribution in [2.75, 3.05) is 0 Å². The van der Waals surface area contributed by atoms with Gasteiger partial charge in [0.15, 0.2) is 0 Å². The molecule has 0 aliphatic heterocycles. The highest BCUT2D eigenvalue weighted by molar-refractivity contribution is 5.39. The number of benzene rings is 1. The van der Waals surface area contributed by atoms with Crippen LogP contribution in [0.2, 0.25) is 0 Å². The normalized spacial score (nSPS) is 13.9. The van der Waals surface area contributed by atoms with Crippen LogP contribution in [-0.4, -0.2) is 5.11 Å². The third-order valence-electron chi connectivity index (χ3n) is 2.50. The molecule has 0 amide bonds. The molecule has 0 heterocycles. The zero-order chi connectivity index (χ0) is 11.6. The molecule has 0 spiro atoms. The highest BCUT2D eigenvalue weighted by Crippen LogP contribution is 2.35. The number of hydrogen-bond acceptors (Lipinski definition) is 1. The van der Waals surface area contributed by atoms with E-state index < -0.39 is 11.7 Å². The maximum atomic E-state index is 12.4. The predicted molar refractivity (Wildman–Crippen MR) is 51.8 cm³/mol. The summed E-state index contributed by atoms with van der Waals surface area (Å²) in [5.74, 6) is -0.148. The topological polar surface area (TPSA) is 20.2 Å². The minimum absolute atomic E-state index is 0.0719. The third kappa shape index (κ3) is 2.64. The largest absolute Gasteiger partial charge is 0.508 e. The standard InChI is InChI=1S/C11H13F3O/c1-3-7(2)9-6-8(11(12,13)14)4-5-10(9)15/h4-7,15H,3H2,1-2H3. The van der Waals surface area contributed by atoms with E-state index in [9.17, 15) is 18.3 Å². The lowest BCUT2D eigenvalue weighted by atomic mass is 9.96. The first-order valence-electron chi connectivity index (χ1n) is 4.76. The van der Waals surface area contributed by atoms with E-state index in [0.717, 1.165) is 18.2 Å². The second-order valence-corrected chi connectivity index (χ2v) is 3.58. The number of rotatable bonds is 2. The Morgan fingerprint density at radius 1 is 1.33 bits per heavy atom. The summed E-state index contributed by atoms with van der Waals surface area (Å²) in [6.07, 6.45) is -3.66. The molecule has 1 unspecified atom stereocenters. The van der Waals surface area contributed by atoms with Gasteiger partial charge >= 0.3 is 6.18 Å². The van der Waals surface area contributed by atoms with E-state index in [0.29, 0.717) is 12.0 Å². The minimum atomic E-state index is -4.35.